The van der Waals surface area contributed by atoms with Crippen LogP contribution in [0, 0.1) is 5.92 Å². The van der Waals surface area contributed by atoms with Gasteiger partial charge in [-0.15, -0.1) is 0 Å². The number of piperidine rings is 1. The Morgan fingerprint density at radius 3 is 2.67 bits per heavy atom. The maximum absolute atomic E-state index is 12.6. The third kappa shape index (κ3) is 5.04. The summed E-state index contributed by atoms with van der Waals surface area (Å²) in [6, 6.07) is 5.04. The fraction of sp³-hybridized carbons (Fsp3) is 0.533. The third-order valence-electron chi connectivity index (χ3n) is 3.68. The summed E-state index contributed by atoms with van der Waals surface area (Å²) < 4.78 is 37.7. The van der Waals surface area contributed by atoms with E-state index in [1.807, 2.05) is 0 Å². The number of rotatable bonds is 4. The topological polar surface area (TPSA) is 41.1 Å². The summed E-state index contributed by atoms with van der Waals surface area (Å²) in [5, 5.41) is 5.93. The van der Waals surface area contributed by atoms with Crippen LogP contribution in [0.3, 0.4) is 0 Å². The van der Waals surface area contributed by atoms with Crippen LogP contribution in [0.15, 0.2) is 24.3 Å². The Morgan fingerprint density at radius 2 is 2.00 bits per heavy atom. The molecule has 0 unspecified atom stereocenters. The Morgan fingerprint density at radius 1 is 1.29 bits per heavy atom. The fourth-order valence-electron chi connectivity index (χ4n) is 2.48. The van der Waals surface area contributed by atoms with E-state index in [0.29, 0.717) is 17.9 Å². The van der Waals surface area contributed by atoms with Gasteiger partial charge in [0.25, 0.3) is 0 Å². The average Bonchev–Trinajstić information content (AvgIpc) is 2.46. The summed E-state index contributed by atoms with van der Waals surface area (Å²) >= 11 is 0. The number of halogens is 3. The number of hydrogen-bond donors (Lipinski definition) is 2. The lowest BCUT2D eigenvalue weighted by molar-refractivity contribution is -0.137. The molecule has 116 valence electrons. The van der Waals surface area contributed by atoms with Crippen molar-refractivity contribution in [2.45, 2.75) is 32.0 Å². The maximum atomic E-state index is 12.6. The van der Waals surface area contributed by atoms with Gasteiger partial charge in [0, 0.05) is 13.0 Å². The lowest BCUT2D eigenvalue weighted by atomic mass is 9.94. The molecule has 1 aliphatic rings. The van der Waals surface area contributed by atoms with Crippen LogP contribution in [0.4, 0.5) is 13.2 Å². The zero-order valence-corrected chi connectivity index (χ0v) is 11.7. The van der Waals surface area contributed by atoms with Gasteiger partial charge in [0.05, 0.1) is 5.56 Å². The van der Waals surface area contributed by atoms with Crippen LogP contribution in [0.5, 0.6) is 0 Å². The Hall–Kier alpha value is -1.56. The molecule has 0 saturated carbocycles. The minimum absolute atomic E-state index is 0.0979. The first kappa shape index (κ1) is 15.8. The van der Waals surface area contributed by atoms with E-state index in [1.165, 1.54) is 6.07 Å². The van der Waals surface area contributed by atoms with Crippen LogP contribution in [-0.2, 0) is 17.5 Å². The molecule has 0 atom stereocenters. The van der Waals surface area contributed by atoms with Gasteiger partial charge in [0.2, 0.25) is 5.91 Å². The molecule has 1 heterocycles. The summed E-state index contributed by atoms with van der Waals surface area (Å²) in [4.78, 5) is 11.8. The van der Waals surface area contributed by atoms with Crippen molar-refractivity contribution in [2.75, 3.05) is 13.1 Å². The summed E-state index contributed by atoms with van der Waals surface area (Å²) in [6.45, 7) is 1.98. The lowest BCUT2D eigenvalue weighted by Gasteiger charge is -2.21. The van der Waals surface area contributed by atoms with Gasteiger partial charge in [0.1, 0.15) is 0 Å². The largest absolute Gasteiger partial charge is 0.416 e. The van der Waals surface area contributed by atoms with Gasteiger partial charge in [-0.2, -0.15) is 13.2 Å². The average molecular weight is 300 g/mol. The highest BCUT2D eigenvalue weighted by Crippen LogP contribution is 2.29. The number of carbonyl (C=O) groups is 1. The minimum Gasteiger partial charge on any atom is -0.352 e. The minimum atomic E-state index is -4.35. The molecule has 2 rings (SSSR count). The summed E-state index contributed by atoms with van der Waals surface area (Å²) in [5.74, 6) is 0.270. The Kier molecular flexibility index (Phi) is 5.22. The van der Waals surface area contributed by atoms with E-state index in [1.54, 1.807) is 6.07 Å². The zero-order chi connectivity index (χ0) is 15.3. The quantitative estimate of drug-likeness (QED) is 0.897. The van der Waals surface area contributed by atoms with Crippen molar-refractivity contribution < 1.29 is 18.0 Å². The molecule has 0 aromatic heterocycles. The van der Waals surface area contributed by atoms with Crippen molar-refractivity contribution in [3.63, 3.8) is 0 Å². The van der Waals surface area contributed by atoms with Crippen LogP contribution < -0.4 is 10.6 Å². The summed E-state index contributed by atoms with van der Waals surface area (Å²) in [6.07, 6.45) is -1.97. The number of alkyl halides is 3. The normalized spacial score (nSPS) is 16.7. The summed E-state index contributed by atoms with van der Waals surface area (Å²) in [7, 11) is 0. The SMILES string of the molecule is O=C(CC1CCNCC1)NCc1cccc(C(F)(F)F)c1. The molecule has 1 saturated heterocycles. The van der Waals surface area contributed by atoms with E-state index in [4.69, 9.17) is 0 Å². The zero-order valence-electron chi connectivity index (χ0n) is 11.7. The Bertz CT molecular complexity index is 482. The van der Waals surface area contributed by atoms with Crippen LogP contribution in [0.25, 0.3) is 0 Å². The molecule has 1 fully saturated rings. The molecule has 1 aromatic carbocycles. The third-order valence-corrected chi connectivity index (χ3v) is 3.68. The molecular formula is C15H19F3N2O. The molecule has 2 N–H and O–H groups in total. The molecule has 1 aliphatic heterocycles. The Labute approximate surface area is 121 Å². The number of nitrogens with one attached hydrogen (secondary N) is 2. The number of carbonyl (C=O) groups excluding carboxylic acids is 1. The molecule has 6 heteroatoms. The van der Waals surface area contributed by atoms with E-state index in [9.17, 15) is 18.0 Å². The van der Waals surface area contributed by atoms with Gasteiger partial charge in [0.15, 0.2) is 0 Å². The highest BCUT2D eigenvalue weighted by molar-refractivity contribution is 5.76. The molecule has 0 radical (unpaired) electrons. The second kappa shape index (κ2) is 6.93. The predicted octanol–water partition coefficient (Wildman–Crippen LogP) is 2.71. The van der Waals surface area contributed by atoms with Crippen molar-refractivity contribution in [3.8, 4) is 0 Å². The molecule has 0 spiro atoms. The van der Waals surface area contributed by atoms with E-state index in [2.05, 4.69) is 10.6 Å². The van der Waals surface area contributed by atoms with Crippen molar-refractivity contribution >= 4 is 5.91 Å². The second-order valence-electron chi connectivity index (χ2n) is 5.37. The van der Waals surface area contributed by atoms with Gasteiger partial charge in [-0.1, -0.05) is 12.1 Å². The van der Waals surface area contributed by atoms with Crippen molar-refractivity contribution in [3.05, 3.63) is 35.4 Å². The van der Waals surface area contributed by atoms with E-state index >= 15 is 0 Å². The van der Waals surface area contributed by atoms with Gasteiger partial charge in [-0.3, -0.25) is 4.79 Å². The van der Waals surface area contributed by atoms with Crippen LogP contribution in [-0.4, -0.2) is 19.0 Å². The monoisotopic (exact) mass is 300 g/mol. The standard InChI is InChI=1S/C15H19F3N2O/c16-15(17,18)13-3-1-2-12(8-13)10-20-14(21)9-11-4-6-19-7-5-11/h1-3,8,11,19H,4-7,9-10H2,(H,20,21). The first-order chi connectivity index (χ1) is 9.95. The molecule has 3 nitrogen and oxygen atoms in total. The van der Waals surface area contributed by atoms with Crippen molar-refractivity contribution in [1.82, 2.24) is 10.6 Å². The van der Waals surface area contributed by atoms with Gasteiger partial charge >= 0.3 is 6.18 Å². The van der Waals surface area contributed by atoms with Gasteiger partial charge in [-0.25, -0.2) is 0 Å². The lowest BCUT2D eigenvalue weighted by Crippen LogP contribution is -2.32. The fourth-order valence-corrected chi connectivity index (χ4v) is 2.48. The highest BCUT2D eigenvalue weighted by Gasteiger charge is 2.30. The molecule has 0 bridgehead atoms. The van der Waals surface area contributed by atoms with Crippen molar-refractivity contribution in [2.24, 2.45) is 5.92 Å². The maximum Gasteiger partial charge on any atom is 0.416 e. The number of benzene rings is 1. The predicted molar refractivity (Wildman–Crippen MR) is 73.5 cm³/mol. The number of amides is 1. The first-order valence-electron chi connectivity index (χ1n) is 7.08. The molecular weight excluding hydrogens is 281 g/mol. The van der Waals surface area contributed by atoms with E-state index in [0.717, 1.165) is 38.1 Å². The van der Waals surface area contributed by atoms with Crippen LogP contribution >= 0.6 is 0 Å². The smallest absolute Gasteiger partial charge is 0.352 e. The molecule has 21 heavy (non-hydrogen) atoms. The summed E-state index contributed by atoms with van der Waals surface area (Å²) in [5.41, 5.74) is -0.226. The molecule has 0 aliphatic carbocycles. The van der Waals surface area contributed by atoms with Crippen LogP contribution in [0.1, 0.15) is 30.4 Å². The highest BCUT2D eigenvalue weighted by atomic mass is 19.4. The van der Waals surface area contributed by atoms with Crippen molar-refractivity contribution in [1.29, 1.82) is 0 Å². The second-order valence-corrected chi connectivity index (χ2v) is 5.37. The van der Waals surface area contributed by atoms with Gasteiger partial charge < -0.3 is 10.6 Å². The van der Waals surface area contributed by atoms with Crippen LogP contribution in [0.2, 0.25) is 0 Å². The molecule has 1 aromatic rings. The number of hydrogen-bond acceptors (Lipinski definition) is 2. The first-order valence-corrected chi connectivity index (χ1v) is 7.08. The van der Waals surface area contributed by atoms with Gasteiger partial charge in [-0.05, 0) is 49.5 Å². The van der Waals surface area contributed by atoms with E-state index in [-0.39, 0.29) is 12.5 Å². The van der Waals surface area contributed by atoms with E-state index < -0.39 is 11.7 Å². The Balaban J connectivity index is 1.83. The molecule has 1 amide bonds.